The molecule has 0 bridgehead atoms. The topological polar surface area (TPSA) is 59.5 Å². The van der Waals surface area contributed by atoms with Crippen LogP contribution in [-0.2, 0) is 7.05 Å². The van der Waals surface area contributed by atoms with Crippen LogP contribution in [0.2, 0.25) is 0 Å². The number of aliphatic imine (C=N–C) groups is 1. The second-order valence-corrected chi connectivity index (χ2v) is 4.94. The molecule has 0 amide bonds. The Morgan fingerprint density at radius 1 is 1.24 bits per heavy atom. The van der Waals surface area contributed by atoms with Crippen LogP contribution in [0.4, 0.5) is 5.69 Å². The van der Waals surface area contributed by atoms with Gasteiger partial charge in [0.25, 0.3) is 5.56 Å². The standard InChI is InChI=1S/C16H21N3O2/c1-13-15(17-11-7-4-8-12-20)16(21)19(18(13)2)14-9-5-3-6-10-14/h3,5-6,9-11,20H,4,7-8,12H2,1-2H3. The fourth-order valence-electron chi connectivity index (χ4n) is 2.21. The first kappa shape index (κ1) is 15.3. The number of aromatic nitrogens is 2. The monoisotopic (exact) mass is 287 g/mol. The molecule has 0 aliphatic rings. The molecule has 1 aromatic heterocycles. The van der Waals surface area contributed by atoms with Crippen molar-refractivity contribution in [1.29, 1.82) is 0 Å². The molecule has 0 atom stereocenters. The molecule has 112 valence electrons. The lowest BCUT2D eigenvalue weighted by atomic mass is 10.2. The van der Waals surface area contributed by atoms with Crippen LogP contribution in [0.25, 0.3) is 5.69 Å². The van der Waals surface area contributed by atoms with Gasteiger partial charge in [-0.3, -0.25) is 14.5 Å². The summed E-state index contributed by atoms with van der Waals surface area (Å²) in [5.41, 5.74) is 2.03. The molecule has 1 aromatic carbocycles. The molecule has 2 rings (SSSR count). The maximum Gasteiger partial charge on any atom is 0.297 e. The van der Waals surface area contributed by atoms with Crippen molar-refractivity contribution >= 4 is 11.9 Å². The lowest BCUT2D eigenvalue weighted by Crippen LogP contribution is -2.19. The molecule has 5 nitrogen and oxygen atoms in total. The smallest absolute Gasteiger partial charge is 0.297 e. The van der Waals surface area contributed by atoms with Crippen LogP contribution in [0.1, 0.15) is 25.0 Å². The summed E-state index contributed by atoms with van der Waals surface area (Å²) in [5.74, 6) is 0. The van der Waals surface area contributed by atoms with Gasteiger partial charge >= 0.3 is 0 Å². The number of unbranched alkanes of at least 4 members (excludes halogenated alkanes) is 2. The van der Waals surface area contributed by atoms with E-state index in [9.17, 15) is 4.79 Å². The van der Waals surface area contributed by atoms with Gasteiger partial charge in [-0.1, -0.05) is 18.2 Å². The lowest BCUT2D eigenvalue weighted by Gasteiger charge is -2.07. The molecular weight excluding hydrogens is 266 g/mol. The van der Waals surface area contributed by atoms with Gasteiger partial charge in [0.05, 0.1) is 11.4 Å². The van der Waals surface area contributed by atoms with Crippen molar-refractivity contribution in [2.75, 3.05) is 6.61 Å². The van der Waals surface area contributed by atoms with Crippen molar-refractivity contribution in [3.8, 4) is 5.69 Å². The van der Waals surface area contributed by atoms with Crippen LogP contribution in [-0.4, -0.2) is 27.3 Å². The first-order valence-electron chi connectivity index (χ1n) is 7.14. The third kappa shape index (κ3) is 3.31. The van der Waals surface area contributed by atoms with Gasteiger partial charge in [0.1, 0.15) is 0 Å². The minimum Gasteiger partial charge on any atom is -0.396 e. The average Bonchev–Trinajstić information content (AvgIpc) is 2.71. The molecule has 1 N–H and O–H groups in total. The molecule has 0 saturated carbocycles. The maximum absolute atomic E-state index is 12.5. The summed E-state index contributed by atoms with van der Waals surface area (Å²) in [6.07, 6.45) is 4.15. The van der Waals surface area contributed by atoms with Gasteiger partial charge in [-0.05, 0) is 38.3 Å². The van der Waals surface area contributed by atoms with Gasteiger partial charge in [0.15, 0.2) is 5.69 Å². The number of aliphatic hydroxyl groups is 1. The molecule has 0 fully saturated rings. The van der Waals surface area contributed by atoms with Gasteiger partial charge < -0.3 is 5.11 Å². The first-order chi connectivity index (χ1) is 10.2. The van der Waals surface area contributed by atoms with Crippen molar-refractivity contribution in [2.24, 2.45) is 12.0 Å². The first-order valence-corrected chi connectivity index (χ1v) is 7.14. The Morgan fingerprint density at radius 3 is 2.62 bits per heavy atom. The van der Waals surface area contributed by atoms with Crippen LogP contribution in [0.3, 0.4) is 0 Å². The lowest BCUT2D eigenvalue weighted by molar-refractivity contribution is 0.286. The molecule has 5 heteroatoms. The van der Waals surface area contributed by atoms with E-state index in [4.69, 9.17) is 5.11 Å². The third-order valence-corrected chi connectivity index (χ3v) is 3.49. The number of rotatable bonds is 6. The van der Waals surface area contributed by atoms with E-state index >= 15 is 0 Å². The van der Waals surface area contributed by atoms with E-state index in [2.05, 4.69) is 4.99 Å². The quantitative estimate of drug-likeness (QED) is 0.655. The highest BCUT2D eigenvalue weighted by Gasteiger charge is 2.14. The van der Waals surface area contributed by atoms with E-state index in [1.807, 2.05) is 49.0 Å². The largest absolute Gasteiger partial charge is 0.396 e. The number of aliphatic hydroxyl groups excluding tert-OH is 1. The summed E-state index contributed by atoms with van der Waals surface area (Å²) >= 11 is 0. The van der Waals surface area contributed by atoms with Gasteiger partial charge in [0.2, 0.25) is 0 Å². The molecule has 0 unspecified atom stereocenters. The third-order valence-electron chi connectivity index (χ3n) is 3.49. The summed E-state index contributed by atoms with van der Waals surface area (Å²) in [4.78, 5) is 16.8. The molecule has 0 aliphatic heterocycles. The minimum atomic E-state index is -0.111. The SMILES string of the molecule is Cc1c(N=CCCCCO)c(=O)n(-c2ccccc2)n1C. The van der Waals surface area contributed by atoms with Gasteiger partial charge in [0, 0.05) is 19.9 Å². The molecule has 21 heavy (non-hydrogen) atoms. The van der Waals surface area contributed by atoms with E-state index in [0.717, 1.165) is 30.6 Å². The van der Waals surface area contributed by atoms with Crippen molar-refractivity contribution in [1.82, 2.24) is 9.36 Å². The highest BCUT2D eigenvalue weighted by molar-refractivity contribution is 5.64. The van der Waals surface area contributed by atoms with Crippen LogP contribution < -0.4 is 5.56 Å². The number of benzene rings is 1. The fourth-order valence-corrected chi connectivity index (χ4v) is 2.21. The highest BCUT2D eigenvalue weighted by atomic mass is 16.2. The fraction of sp³-hybridized carbons (Fsp3) is 0.375. The van der Waals surface area contributed by atoms with E-state index in [0.29, 0.717) is 5.69 Å². The maximum atomic E-state index is 12.5. The van der Waals surface area contributed by atoms with Crippen molar-refractivity contribution in [3.63, 3.8) is 0 Å². The van der Waals surface area contributed by atoms with E-state index in [1.165, 1.54) is 0 Å². The van der Waals surface area contributed by atoms with Crippen LogP contribution in [0.15, 0.2) is 40.1 Å². The zero-order chi connectivity index (χ0) is 15.2. The van der Waals surface area contributed by atoms with E-state index in [1.54, 1.807) is 10.9 Å². The molecule has 1 heterocycles. The number of hydrogen-bond acceptors (Lipinski definition) is 3. The molecule has 2 aromatic rings. The number of nitrogens with zero attached hydrogens (tertiary/aromatic N) is 3. The molecule has 0 spiro atoms. The second kappa shape index (κ2) is 7.04. The molecule has 0 aliphatic carbocycles. The van der Waals surface area contributed by atoms with Crippen molar-refractivity contribution in [3.05, 3.63) is 46.4 Å². The summed E-state index contributed by atoms with van der Waals surface area (Å²) in [6.45, 7) is 2.08. The summed E-state index contributed by atoms with van der Waals surface area (Å²) in [7, 11) is 1.86. The number of hydrogen-bond donors (Lipinski definition) is 1. The Hall–Kier alpha value is -2.14. The molecular formula is C16H21N3O2. The molecule has 0 saturated heterocycles. The van der Waals surface area contributed by atoms with Gasteiger partial charge in [-0.15, -0.1) is 0 Å². The van der Waals surface area contributed by atoms with Crippen molar-refractivity contribution in [2.45, 2.75) is 26.2 Å². The summed E-state index contributed by atoms with van der Waals surface area (Å²) < 4.78 is 3.44. The summed E-state index contributed by atoms with van der Waals surface area (Å²) in [6, 6.07) is 9.53. The van der Waals surface area contributed by atoms with E-state index < -0.39 is 0 Å². The molecule has 0 radical (unpaired) electrons. The Kier molecular flexibility index (Phi) is 5.11. The highest BCUT2D eigenvalue weighted by Crippen LogP contribution is 2.16. The van der Waals surface area contributed by atoms with Gasteiger partial charge in [-0.25, -0.2) is 4.68 Å². The van der Waals surface area contributed by atoms with Crippen LogP contribution in [0.5, 0.6) is 0 Å². The normalized spacial score (nSPS) is 11.4. The Labute approximate surface area is 124 Å². The minimum absolute atomic E-state index is 0.111. The number of para-hydroxylation sites is 1. The average molecular weight is 287 g/mol. The van der Waals surface area contributed by atoms with Crippen LogP contribution >= 0.6 is 0 Å². The van der Waals surface area contributed by atoms with Crippen molar-refractivity contribution < 1.29 is 5.11 Å². The van der Waals surface area contributed by atoms with Gasteiger partial charge in [-0.2, -0.15) is 0 Å². The Balaban J connectivity index is 2.31. The van der Waals surface area contributed by atoms with E-state index in [-0.39, 0.29) is 12.2 Å². The second-order valence-electron chi connectivity index (χ2n) is 4.94. The zero-order valence-corrected chi connectivity index (χ0v) is 12.5. The predicted molar refractivity (Wildman–Crippen MR) is 84.8 cm³/mol. The Morgan fingerprint density at radius 2 is 1.95 bits per heavy atom. The summed E-state index contributed by atoms with van der Waals surface area (Å²) in [5, 5.41) is 8.74. The Bertz CT molecular complexity index is 669. The van der Waals surface area contributed by atoms with Crippen LogP contribution in [0, 0.1) is 6.92 Å². The predicted octanol–water partition coefficient (Wildman–Crippen LogP) is 2.35. The zero-order valence-electron chi connectivity index (χ0n) is 12.5.